The average molecular weight is 254 g/mol. The van der Waals surface area contributed by atoms with Gasteiger partial charge in [0.15, 0.2) is 0 Å². The van der Waals surface area contributed by atoms with Crippen LogP contribution in [0.5, 0.6) is 0 Å². The molecule has 0 aliphatic heterocycles. The molecule has 3 rings (SSSR count). The van der Waals surface area contributed by atoms with E-state index in [0.717, 1.165) is 11.3 Å². The van der Waals surface area contributed by atoms with E-state index in [0.29, 0.717) is 11.3 Å². The van der Waals surface area contributed by atoms with Crippen molar-refractivity contribution in [2.75, 3.05) is 0 Å². The highest BCUT2D eigenvalue weighted by molar-refractivity contribution is 5.96. The molecule has 0 fully saturated rings. The minimum absolute atomic E-state index is 0.124. The normalized spacial score (nSPS) is 10.5. The van der Waals surface area contributed by atoms with Crippen molar-refractivity contribution in [1.29, 1.82) is 0 Å². The highest BCUT2D eigenvalue weighted by Crippen LogP contribution is 2.30. The van der Waals surface area contributed by atoms with Crippen molar-refractivity contribution >= 4 is 5.97 Å². The summed E-state index contributed by atoms with van der Waals surface area (Å²) in [5.41, 5.74) is 2.94. The van der Waals surface area contributed by atoms with Gasteiger partial charge in [0, 0.05) is 11.1 Å². The van der Waals surface area contributed by atoms with E-state index in [2.05, 4.69) is 20.4 Å². The lowest BCUT2D eigenvalue weighted by molar-refractivity contribution is 0.0698. The third-order valence-corrected chi connectivity index (χ3v) is 2.84. The first kappa shape index (κ1) is 11.2. The molecule has 2 heterocycles. The second-order valence-corrected chi connectivity index (χ2v) is 3.99. The van der Waals surface area contributed by atoms with Crippen LogP contribution in [0.3, 0.4) is 0 Å². The van der Waals surface area contributed by atoms with Crippen LogP contribution >= 0.6 is 0 Å². The average Bonchev–Trinajstić information content (AvgIpc) is 3.08. The fourth-order valence-corrected chi connectivity index (χ4v) is 1.95. The van der Waals surface area contributed by atoms with E-state index in [1.54, 1.807) is 6.20 Å². The van der Waals surface area contributed by atoms with Crippen LogP contribution in [0.4, 0.5) is 0 Å². The van der Waals surface area contributed by atoms with E-state index >= 15 is 0 Å². The monoisotopic (exact) mass is 254 g/mol. The van der Waals surface area contributed by atoms with Gasteiger partial charge >= 0.3 is 5.97 Å². The molecule has 0 aliphatic carbocycles. The summed E-state index contributed by atoms with van der Waals surface area (Å²) in [7, 11) is 0. The molecule has 0 amide bonds. The largest absolute Gasteiger partial charge is 0.478 e. The number of nitrogens with one attached hydrogen (secondary N) is 2. The van der Waals surface area contributed by atoms with Crippen LogP contribution in [0, 0.1) is 0 Å². The number of carboxylic acid groups (broad SMARTS) is 1. The van der Waals surface area contributed by atoms with Gasteiger partial charge in [0.1, 0.15) is 5.56 Å². The van der Waals surface area contributed by atoms with Gasteiger partial charge in [0.25, 0.3) is 0 Å². The molecule has 0 spiro atoms. The van der Waals surface area contributed by atoms with Crippen molar-refractivity contribution in [3.8, 4) is 22.5 Å². The molecule has 0 aliphatic rings. The second kappa shape index (κ2) is 4.41. The van der Waals surface area contributed by atoms with Gasteiger partial charge in [-0.2, -0.15) is 10.2 Å². The Labute approximate surface area is 108 Å². The number of aromatic amines is 2. The summed E-state index contributed by atoms with van der Waals surface area (Å²) in [6, 6.07) is 9.58. The maximum absolute atomic E-state index is 11.1. The standard InChI is InChI=1S/C13H10N4O2/c18-13(19)10-7-15-17-12(10)9-6-14-16-11(9)8-4-2-1-3-5-8/h1-7H,(H,14,16)(H,15,17)(H,18,19). The zero-order valence-corrected chi connectivity index (χ0v) is 9.79. The number of carbonyl (C=O) groups is 1. The maximum atomic E-state index is 11.1. The van der Waals surface area contributed by atoms with Gasteiger partial charge in [0.2, 0.25) is 0 Å². The molecule has 6 heteroatoms. The number of hydrogen-bond donors (Lipinski definition) is 3. The Morgan fingerprint density at radius 1 is 1.00 bits per heavy atom. The van der Waals surface area contributed by atoms with E-state index in [9.17, 15) is 4.79 Å². The Kier molecular flexibility index (Phi) is 2.60. The summed E-state index contributed by atoms with van der Waals surface area (Å²) < 4.78 is 0. The van der Waals surface area contributed by atoms with Crippen LogP contribution in [0.1, 0.15) is 10.4 Å². The maximum Gasteiger partial charge on any atom is 0.339 e. The Morgan fingerprint density at radius 2 is 1.68 bits per heavy atom. The molecule has 0 bridgehead atoms. The number of aromatic nitrogens is 4. The molecule has 3 N–H and O–H groups in total. The smallest absolute Gasteiger partial charge is 0.339 e. The third kappa shape index (κ3) is 1.89. The molecule has 0 saturated heterocycles. The van der Waals surface area contributed by atoms with Crippen molar-refractivity contribution in [2.24, 2.45) is 0 Å². The molecule has 6 nitrogen and oxygen atoms in total. The predicted octanol–water partition coefficient (Wildman–Crippen LogP) is 2.17. The van der Waals surface area contributed by atoms with E-state index in [1.807, 2.05) is 30.3 Å². The summed E-state index contributed by atoms with van der Waals surface area (Å²) in [6.07, 6.45) is 2.88. The number of hydrogen-bond acceptors (Lipinski definition) is 3. The molecule has 0 unspecified atom stereocenters. The Hall–Kier alpha value is -2.89. The Morgan fingerprint density at radius 3 is 2.42 bits per heavy atom. The fraction of sp³-hybridized carbons (Fsp3) is 0. The summed E-state index contributed by atoms with van der Waals surface area (Å²) in [5.74, 6) is -1.02. The zero-order chi connectivity index (χ0) is 13.2. The molecular formula is C13H10N4O2. The minimum Gasteiger partial charge on any atom is -0.478 e. The predicted molar refractivity (Wildman–Crippen MR) is 68.6 cm³/mol. The molecular weight excluding hydrogens is 244 g/mol. The number of carboxylic acids is 1. The first-order chi connectivity index (χ1) is 9.27. The number of H-pyrrole nitrogens is 2. The van der Waals surface area contributed by atoms with Crippen LogP contribution < -0.4 is 0 Å². The SMILES string of the molecule is O=C(O)c1cn[nH]c1-c1cn[nH]c1-c1ccccc1. The van der Waals surface area contributed by atoms with Crippen LogP contribution in [-0.4, -0.2) is 31.5 Å². The fourth-order valence-electron chi connectivity index (χ4n) is 1.95. The highest BCUT2D eigenvalue weighted by Gasteiger charge is 2.18. The second-order valence-electron chi connectivity index (χ2n) is 3.99. The Bertz CT molecular complexity index is 715. The van der Waals surface area contributed by atoms with Crippen LogP contribution in [-0.2, 0) is 0 Å². The van der Waals surface area contributed by atoms with Crippen LogP contribution in [0.2, 0.25) is 0 Å². The molecule has 0 atom stereocenters. The first-order valence-electron chi connectivity index (χ1n) is 5.63. The van der Waals surface area contributed by atoms with Gasteiger partial charge in [-0.05, 0) is 0 Å². The van der Waals surface area contributed by atoms with E-state index in [-0.39, 0.29) is 5.56 Å². The summed E-state index contributed by atoms with van der Waals surface area (Å²) >= 11 is 0. The number of nitrogens with zero attached hydrogens (tertiary/aromatic N) is 2. The van der Waals surface area contributed by atoms with Crippen LogP contribution in [0.25, 0.3) is 22.5 Å². The van der Waals surface area contributed by atoms with Crippen molar-refractivity contribution in [1.82, 2.24) is 20.4 Å². The summed E-state index contributed by atoms with van der Waals surface area (Å²) in [6.45, 7) is 0. The summed E-state index contributed by atoms with van der Waals surface area (Å²) in [5, 5.41) is 22.5. The van der Waals surface area contributed by atoms with Crippen molar-refractivity contribution in [3.63, 3.8) is 0 Å². The van der Waals surface area contributed by atoms with E-state index in [4.69, 9.17) is 5.11 Å². The quantitative estimate of drug-likeness (QED) is 0.667. The van der Waals surface area contributed by atoms with Gasteiger partial charge in [-0.25, -0.2) is 4.79 Å². The lowest BCUT2D eigenvalue weighted by Crippen LogP contribution is -1.97. The highest BCUT2D eigenvalue weighted by atomic mass is 16.4. The lowest BCUT2D eigenvalue weighted by atomic mass is 10.0. The molecule has 3 aromatic rings. The first-order valence-corrected chi connectivity index (χ1v) is 5.63. The minimum atomic E-state index is -1.02. The third-order valence-electron chi connectivity index (χ3n) is 2.84. The van der Waals surface area contributed by atoms with E-state index < -0.39 is 5.97 Å². The van der Waals surface area contributed by atoms with E-state index in [1.165, 1.54) is 6.20 Å². The molecule has 19 heavy (non-hydrogen) atoms. The number of rotatable bonds is 3. The van der Waals surface area contributed by atoms with Gasteiger partial charge in [0.05, 0.1) is 23.8 Å². The molecule has 1 aromatic carbocycles. The Balaban J connectivity index is 2.15. The van der Waals surface area contributed by atoms with Gasteiger partial charge in [-0.1, -0.05) is 30.3 Å². The number of aromatic carboxylic acids is 1. The summed E-state index contributed by atoms with van der Waals surface area (Å²) in [4.78, 5) is 11.1. The molecule has 0 saturated carbocycles. The molecule has 2 aromatic heterocycles. The van der Waals surface area contributed by atoms with Gasteiger partial charge in [-0.3, -0.25) is 10.2 Å². The van der Waals surface area contributed by atoms with Crippen LogP contribution in [0.15, 0.2) is 42.7 Å². The lowest BCUT2D eigenvalue weighted by Gasteiger charge is -2.02. The van der Waals surface area contributed by atoms with Gasteiger partial charge < -0.3 is 5.11 Å². The zero-order valence-electron chi connectivity index (χ0n) is 9.79. The van der Waals surface area contributed by atoms with Crippen molar-refractivity contribution in [2.45, 2.75) is 0 Å². The van der Waals surface area contributed by atoms with Crippen molar-refractivity contribution in [3.05, 3.63) is 48.3 Å². The van der Waals surface area contributed by atoms with Gasteiger partial charge in [-0.15, -0.1) is 0 Å². The molecule has 0 radical (unpaired) electrons. The topological polar surface area (TPSA) is 94.7 Å². The molecule has 94 valence electrons. The van der Waals surface area contributed by atoms with Crippen molar-refractivity contribution < 1.29 is 9.90 Å². The number of benzene rings is 1.